The molecular weight excluding hydrogens is 478 g/mol. The number of methoxy groups -OCH3 is 1. The van der Waals surface area contributed by atoms with E-state index in [-0.39, 0.29) is 44.5 Å². The van der Waals surface area contributed by atoms with Crippen LogP contribution in [0.2, 0.25) is 5.02 Å². The maximum atomic E-state index is 14.8. The normalized spacial score (nSPS) is 23.3. The smallest absolute Gasteiger partial charge is 0.380 e. The fourth-order valence-electron chi connectivity index (χ4n) is 3.91. The van der Waals surface area contributed by atoms with E-state index < -0.39 is 52.6 Å². The number of aromatic nitrogens is 2. The Balaban J connectivity index is 1.87. The van der Waals surface area contributed by atoms with E-state index in [0.29, 0.717) is 0 Å². The topological polar surface area (TPSA) is 104 Å². The first-order valence-corrected chi connectivity index (χ1v) is 9.78. The highest BCUT2D eigenvalue weighted by atomic mass is 35.5. The zero-order chi connectivity index (χ0) is 24.3. The molecule has 178 valence electrons. The van der Waals surface area contributed by atoms with Crippen molar-refractivity contribution in [2.45, 2.75) is 30.6 Å². The summed E-state index contributed by atoms with van der Waals surface area (Å²) in [4.78, 5) is 30.4. The summed E-state index contributed by atoms with van der Waals surface area (Å²) in [6.45, 7) is 0.161. The van der Waals surface area contributed by atoms with Crippen LogP contribution in [0.15, 0.2) is 32.9 Å². The third-order valence-electron chi connectivity index (χ3n) is 5.59. The Morgan fingerprint density at radius 2 is 2.03 bits per heavy atom. The molecule has 1 aromatic heterocycles. The van der Waals surface area contributed by atoms with Gasteiger partial charge in [-0.3, -0.25) is 9.36 Å². The van der Waals surface area contributed by atoms with Gasteiger partial charge in [-0.2, -0.15) is 13.2 Å². The van der Waals surface area contributed by atoms with Crippen molar-refractivity contribution in [3.8, 4) is 5.69 Å². The molecule has 0 radical (unpaired) electrons. The van der Waals surface area contributed by atoms with Gasteiger partial charge < -0.3 is 19.4 Å². The second kappa shape index (κ2) is 7.94. The minimum atomic E-state index is -4.98. The zero-order valence-corrected chi connectivity index (χ0v) is 17.8. The summed E-state index contributed by atoms with van der Waals surface area (Å²) in [5.74, 6) is -1.14. The molecule has 0 amide bonds. The minimum Gasteiger partial charge on any atom is -0.380 e. The predicted molar refractivity (Wildman–Crippen MR) is 105 cm³/mol. The Morgan fingerprint density at radius 1 is 1.33 bits per heavy atom. The van der Waals surface area contributed by atoms with Crippen LogP contribution in [0.1, 0.15) is 17.7 Å². The van der Waals surface area contributed by atoms with E-state index in [2.05, 4.69) is 5.16 Å². The first kappa shape index (κ1) is 23.4. The molecule has 0 aliphatic carbocycles. The van der Waals surface area contributed by atoms with Crippen LogP contribution in [0.3, 0.4) is 0 Å². The highest BCUT2D eigenvalue weighted by molar-refractivity contribution is 6.34. The number of ether oxygens (including phenoxy) is 2. The quantitative estimate of drug-likeness (QED) is 0.512. The molecule has 3 heterocycles. The van der Waals surface area contributed by atoms with Crippen molar-refractivity contribution in [3.05, 3.63) is 61.1 Å². The molecule has 2 aliphatic rings. The molecule has 33 heavy (non-hydrogen) atoms. The number of hydrogen-bond donors (Lipinski definition) is 1. The standard InChI is InChI=1S/C19H16ClF4N3O6/c1-26-12(19(22,23)24)7-13(28)27(17(26)30)11-5-8(9(20)6-10(11)21)14-15-18(33-25-14,3-4-32-15)16(29)31-2/h5-7,15-16,29H,3-4H2,1-2H3. The van der Waals surface area contributed by atoms with E-state index in [4.69, 9.17) is 25.9 Å². The number of hydrogen-bond acceptors (Lipinski definition) is 7. The van der Waals surface area contributed by atoms with Crippen molar-refractivity contribution in [1.29, 1.82) is 0 Å². The zero-order valence-electron chi connectivity index (χ0n) is 17.0. The van der Waals surface area contributed by atoms with Crippen LogP contribution in [0.4, 0.5) is 17.6 Å². The van der Waals surface area contributed by atoms with E-state index >= 15 is 0 Å². The number of halogens is 5. The molecule has 1 saturated heterocycles. The van der Waals surface area contributed by atoms with Gasteiger partial charge in [-0.05, 0) is 12.1 Å². The van der Waals surface area contributed by atoms with Crippen molar-refractivity contribution in [3.63, 3.8) is 0 Å². The Morgan fingerprint density at radius 3 is 2.67 bits per heavy atom. The number of aliphatic hydroxyl groups is 1. The Kier molecular flexibility index (Phi) is 5.63. The maximum Gasteiger partial charge on any atom is 0.431 e. The first-order valence-electron chi connectivity index (χ1n) is 9.41. The lowest BCUT2D eigenvalue weighted by atomic mass is 9.89. The Bertz CT molecular complexity index is 1270. The highest BCUT2D eigenvalue weighted by Gasteiger charge is 2.59. The van der Waals surface area contributed by atoms with E-state index in [0.717, 1.165) is 19.2 Å². The van der Waals surface area contributed by atoms with Crippen molar-refractivity contribution < 1.29 is 37.0 Å². The minimum absolute atomic E-state index is 0.0148. The summed E-state index contributed by atoms with van der Waals surface area (Å²) in [5.41, 5.74) is -6.36. The van der Waals surface area contributed by atoms with E-state index in [1.54, 1.807) is 0 Å². The van der Waals surface area contributed by atoms with Gasteiger partial charge >= 0.3 is 11.9 Å². The molecule has 0 saturated carbocycles. The lowest BCUT2D eigenvalue weighted by molar-refractivity contribution is -0.219. The van der Waals surface area contributed by atoms with Gasteiger partial charge in [0.2, 0.25) is 11.9 Å². The molecule has 4 rings (SSSR count). The monoisotopic (exact) mass is 493 g/mol. The number of alkyl halides is 3. The summed E-state index contributed by atoms with van der Waals surface area (Å²) in [5, 5.41) is 13.9. The van der Waals surface area contributed by atoms with Gasteiger partial charge in [0.05, 0.1) is 17.3 Å². The Hall–Kier alpha value is -2.74. The van der Waals surface area contributed by atoms with Crippen molar-refractivity contribution in [2.24, 2.45) is 12.2 Å². The average Bonchev–Trinajstić information content (AvgIpc) is 3.31. The molecule has 3 atom stereocenters. The van der Waals surface area contributed by atoms with Gasteiger partial charge in [-0.15, -0.1) is 0 Å². The van der Waals surface area contributed by atoms with Crippen LogP contribution in [0.5, 0.6) is 0 Å². The molecule has 1 aromatic carbocycles. The fraction of sp³-hybridized carbons (Fsp3) is 0.421. The second-order valence-corrected chi connectivity index (χ2v) is 7.84. The SMILES string of the molecule is COC(O)C12CCOC1C(c1cc(-n3c(=O)cc(C(F)(F)F)n(C)c3=O)c(F)cc1Cl)=NO2. The molecule has 14 heteroatoms. The third-order valence-corrected chi connectivity index (χ3v) is 5.90. The summed E-state index contributed by atoms with van der Waals surface area (Å²) in [6.07, 6.45) is -7.20. The van der Waals surface area contributed by atoms with E-state index in [9.17, 15) is 32.3 Å². The molecule has 9 nitrogen and oxygen atoms in total. The summed E-state index contributed by atoms with van der Waals surface area (Å²) in [6, 6.07) is 1.94. The average molecular weight is 494 g/mol. The molecule has 0 spiro atoms. The molecule has 1 fully saturated rings. The van der Waals surface area contributed by atoms with Gasteiger partial charge in [0.1, 0.15) is 17.2 Å². The Labute approximate surface area is 187 Å². The first-order chi connectivity index (χ1) is 15.4. The van der Waals surface area contributed by atoms with Crippen LogP contribution < -0.4 is 11.2 Å². The molecular formula is C19H16ClF4N3O6. The molecule has 1 N–H and O–H groups in total. The van der Waals surface area contributed by atoms with Gasteiger partial charge in [0, 0.05) is 32.2 Å². The number of aliphatic hydroxyl groups excluding tert-OH is 1. The van der Waals surface area contributed by atoms with Crippen molar-refractivity contribution in [2.75, 3.05) is 13.7 Å². The van der Waals surface area contributed by atoms with Crippen molar-refractivity contribution in [1.82, 2.24) is 9.13 Å². The van der Waals surface area contributed by atoms with Crippen LogP contribution in [-0.4, -0.2) is 51.7 Å². The van der Waals surface area contributed by atoms with Crippen LogP contribution in [-0.2, 0) is 27.5 Å². The number of benzene rings is 1. The maximum absolute atomic E-state index is 14.8. The number of oxime groups is 1. The molecule has 3 unspecified atom stereocenters. The van der Waals surface area contributed by atoms with Crippen LogP contribution in [0, 0.1) is 5.82 Å². The van der Waals surface area contributed by atoms with E-state index in [1.807, 2.05) is 0 Å². The van der Waals surface area contributed by atoms with Crippen molar-refractivity contribution >= 4 is 17.3 Å². The lowest BCUT2D eigenvalue weighted by Gasteiger charge is -2.29. The van der Waals surface area contributed by atoms with Gasteiger partial charge in [0.25, 0.3) is 5.56 Å². The summed E-state index contributed by atoms with van der Waals surface area (Å²) in [7, 11) is 2.05. The molecule has 0 bridgehead atoms. The van der Waals surface area contributed by atoms with Gasteiger partial charge in [-0.1, -0.05) is 16.8 Å². The van der Waals surface area contributed by atoms with E-state index in [1.165, 1.54) is 7.11 Å². The van der Waals surface area contributed by atoms with Crippen LogP contribution in [0.25, 0.3) is 5.69 Å². The third kappa shape index (κ3) is 3.55. The fourth-order valence-corrected chi connectivity index (χ4v) is 4.15. The van der Waals surface area contributed by atoms with Crippen LogP contribution >= 0.6 is 11.6 Å². The predicted octanol–water partition coefficient (Wildman–Crippen LogP) is 1.57. The summed E-state index contributed by atoms with van der Waals surface area (Å²) >= 11 is 6.17. The van der Waals surface area contributed by atoms with Gasteiger partial charge in [0.15, 0.2) is 6.10 Å². The number of rotatable bonds is 4. The lowest BCUT2D eigenvalue weighted by Crippen LogP contribution is -2.50. The summed E-state index contributed by atoms with van der Waals surface area (Å²) < 4.78 is 65.1. The van der Waals surface area contributed by atoms with Gasteiger partial charge in [-0.25, -0.2) is 13.8 Å². The number of fused-ring (bicyclic) bond motifs is 1. The highest BCUT2D eigenvalue weighted by Crippen LogP contribution is 2.41. The largest absolute Gasteiger partial charge is 0.431 e. The number of nitrogens with zero attached hydrogens (tertiary/aromatic N) is 3. The molecule has 2 aliphatic heterocycles. The second-order valence-electron chi connectivity index (χ2n) is 7.44. The molecule has 2 aromatic rings.